The summed E-state index contributed by atoms with van der Waals surface area (Å²) in [5, 5.41) is 0.115. The van der Waals surface area contributed by atoms with Gasteiger partial charge in [0.15, 0.2) is 5.15 Å². The lowest BCUT2D eigenvalue weighted by Gasteiger charge is -2.10. The molecule has 0 amide bonds. The summed E-state index contributed by atoms with van der Waals surface area (Å²) in [5.41, 5.74) is 1.08. The van der Waals surface area contributed by atoms with Gasteiger partial charge in [-0.25, -0.2) is 13.4 Å². The van der Waals surface area contributed by atoms with Crippen LogP contribution in [-0.2, 0) is 10.0 Å². The summed E-state index contributed by atoms with van der Waals surface area (Å²) in [4.78, 5) is 4.06. The van der Waals surface area contributed by atoms with E-state index in [1.165, 1.54) is 12.1 Å². The molecule has 100 valence electrons. The summed E-state index contributed by atoms with van der Waals surface area (Å²) in [7, 11) is -3.68. The average molecular weight is 362 g/mol. The zero-order valence-electron chi connectivity index (χ0n) is 9.89. The van der Waals surface area contributed by atoms with Crippen LogP contribution in [0.15, 0.2) is 45.9 Å². The van der Waals surface area contributed by atoms with Gasteiger partial charge in [0.2, 0.25) is 0 Å². The van der Waals surface area contributed by atoms with Gasteiger partial charge < -0.3 is 0 Å². The number of benzene rings is 1. The maximum absolute atomic E-state index is 12.2. The number of pyridine rings is 1. The quantitative estimate of drug-likeness (QED) is 0.850. The van der Waals surface area contributed by atoms with Crippen LogP contribution in [0.2, 0.25) is 5.15 Å². The van der Waals surface area contributed by atoms with E-state index in [4.69, 9.17) is 11.6 Å². The standard InChI is InChI=1S/C12H10BrClN2O2S/c1-8-5-11(12(14)15-7-8)16-19(17,18)10-4-2-3-9(13)6-10/h2-7,16H,1H3. The third-order valence-electron chi connectivity index (χ3n) is 2.33. The maximum Gasteiger partial charge on any atom is 0.262 e. The van der Waals surface area contributed by atoms with E-state index in [0.717, 1.165) is 5.56 Å². The number of halogens is 2. The van der Waals surface area contributed by atoms with Crippen LogP contribution < -0.4 is 4.72 Å². The minimum absolute atomic E-state index is 0.115. The van der Waals surface area contributed by atoms with Crippen molar-refractivity contribution in [3.8, 4) is 0 Å². The predicted octanol–water partition coefficient (Wildman–Crippen LogP) is 3.61. The minimum Gasteiger partial charge on any atom is -0.276 e. The fourth-order valence-electron chi connectivity index (χ4n) is 1.46. The summed E-state index contributed by atoms with van der Waals surface area (Å²) in [6.07, 6.45) is 1.57. The molecule has 0 aliphatic heterocycles. The fraction of sp³-hybridized carbons (Fsp3) is 0.0833. The van der Waals surface area contributed by atoms with Crippen molar-refractivity contribution < 1.29 is 8.42 Å². The molecule has 0 spiro atoms. The molecule has 0 unspecified atom stereocenters. The number of nitrogens with zero attached hydrogens (tertiary/aromatic N) is 1. The van der Waals surface area contributed by atoms with Gasteiger partial charge in [-0.15, -0.1) is 0 Å². The molecule has 0 aliphatic rings. The highest BCUT2D eigenvalue weighted by atomic mass is 79.9. The van der Waals surface area contributed by atoms with E-state index >= 15 is 0 Å². The van der Waals surface area contributed by atoms with Gasteiger partial charge in [0, 0.05) is 10.7 Å². The van der Waals surface area contributed by atoms with E-state index < -0.39 is 10.0 Å². The first-order chi connectivity index (χ1) is 8.88. The zero-order valence-corrected chi connectivity index (χ0v) is 13.1. The molecule has 2 rings (SSSR count). The molecule has 0 saturated heterocycles. The first kappa shape index (κ1) is 14.3. The Kier molecular flexibility index (Phi) is 4.13. The van der Waals surface area contributed by atoms with E-state index in [1.54, 1.807) is 31.3 Å². The Morgan fingerprint density at radius 3 is 2.74 bits per heavy atom. The molecule has 7 heteroatoms. The molecule has 0 bridgehead atoms. The highest BCUT2D eigenvalue weighted by molar-refractivity contribution is 9.10. The highest BCUT2D eigenvalue weighted by Gasteiger charge is 2.16. The Bertz CT molecular complexity index is 719. The van der Waals surface area contributed by atoms with E-state index in [-0.39, 0.29) is 15.7 Å². The topological polar surface area (TPSA) is 59.1 Å². The number of rotatable bonds is 3. The maximum atomic E-state index is 12.2. The molecular formula is C12H10BrClN2O2S. The van der Waals surface area contributed by atoms with Crippen LogP contribution in [-0.4, -0.2) is 13.4 Å². The Hall–Kier alpha value is -1.11. The molecule has 2 aromatic rings. The second-order valence-corrected chi connectivity index (χ2v) is 6.87. The second kappa shape index (κ2) is 5.48. The monoisotopic (exact) mass is 360 g/mol. The van der Waals surface area contributed by atoms with Crippen molar-refractivity contribution in [1.29, 1.82) is 0 Å². The van der Waals surface area contributed by atoms with Gasteiger partial charge in [-0.05, 0) is 36.8 Å². The van der Waals surface area contributed by atoms with Crippen LogP contribution in [0, 0.1) is 6.92 Å². The molecule has 4 nitrogen and oxygen atoms in total. The number of hydrogen-bond donors (Lipinski definition) is 1. The fourth-order valence-corrected chi connectivity index (χ4v) is 3.32. The molecule has 1 N–H and O–H groups in total. The smallest absolute Gasteiger partial charge is 0.262 e. The third kappa shape index (κ3) is 3.46. The van der Waals surface area contributed by atoms with Crippen LogP contribution in [0.3, 0.4) is 0 Å². The number of anilines is 1. The lowest BCUT2D eigenvalue weighted by Crippen LogP contribution is -2.13. The third-order valence-corrected chi connectivity index (χ3v) is 4.48. The second-order valence-electron chi connectivity index (χ2n) is 3.91. The van der Waals surface area contributed by atoms with Crippen LogP contribution in [0.4, 0.5) is 5.69 Å². The Morgan fingerprint density at radius 2 is 2.05 bits per heavy atom. The number of aryl methyl sites for hydroxylation is 1. The largest absolute Gasteiger partial charge is 0.276 e. The van der Waals surface area contributed by atoms with E-state index in [9.17, 15) is 8.42 Å². The van der Waals surface area contributed by atoms with Crippen molar-refractivity contribution >= 4 is 43.2 Å². The molecular weight excluding hydrogens is 352 g/mol. The Balaban J connectivity index is 2.39. The molecule has 0 saturated carbocycles. The first-order valence-electron chi connectivity index (χ1n) is 5.29. The van der Waals surface area contributed by atoms with Crippen molar-refractivity contribution in [2.45, 2.75) is 11.8 Å². The van der Waals surface area contributed by atoms with E-state index in [2.05, 4.69) is 25.6 Å². The van der Waals surface area contributed by atoms with Crippen molar-refractivity contribution in [2.24, 2.45) is 0 Å². The van der Waals surface area contributed by atoms with Crippen LogP contribution in [0.1, 0.15) is 5.56 Å². The average Bonchev–Trinajstić information content (AvgIpc) is 2.33. The zero-order chi connectivity index (χ0) is 14.0. The number of aromatic nitrogens is 1. The first-order valence-corrected chi connectivity index (χ1v) is 7.94. The number of sulfonamides is 1. The molecule has 19 heavy (non-hydrogen) atoms. The molecule has 1 aromatic carbocycles. The van der Waals surface area contributed by atoms with Gasteiger partial charge in [-0.2, -0.15) is 0 Å². The van der Waals surface area contributed by atoms with Gasteiger partial charge in [-0.3, -0.25) is 4.72 Å². The molecule has 0 fully saturated rings. The number of nitrogens with one attached hydrogen (secondary N) is 1. The highest BCUT2D eigenvalue weighted by Crippen LogP contribution is 2.24. The molecule has 0 radical (unpaired) electrons. The Labute approximate surface area is 125 Å². The van der Waals surface area contributed by atoms with Crippen molar-refractivity contribution in [3.05, 3.63) is 51.7 Å². The lowest BCUT2D eigenvalue weighted by atomic mass is 10.3. The van der Waals surface area contributed by atoms with Crippen LogP contribution in [0.25, 0.3) is 0 Å². The summed E-state index contributed by atoms with van der Waals surface area (Å²) in [6.45, 7) is 1.81. The van der Waals surface area contributed by atoms with E-state index in [0.29, 0.717) is 4.47 Å². The van der Waals surface area contributed by atoms with Crippen LogP contribution >= 0.6 is 27.5 Å². The minimum atomic E-state index is -3.68. The van der Waals surface area contributed by atoms with Gasteiger partial charge in [0.25, 0.3) is 10.0 Å². The summed E-state index contributed by atoms with van der Waals surface area (Å²) in [5.74, 6) is 0. The van der Waals surface area contributed by atoms with Gasteiger partial charge >= 0.3 is 0 Å². The summed E-state index contributed by atoms with van der Waals surface area (Å²) < 4.78 is 27.5. The van der Waals surface area contributed by atoms with Crippen LogP contribution in [0.5, 0.6) is 0 Å². The molecule has 1 heterocycles. The van der Waals surface area contributed by atoms with Crippen molar-refractivity contribution in [2.75, 3.05) is 4.72 Å². The van der Waals surface area contributed by atoms with E-state index in [1.807, 2.05) is 0 Å². The number of hydrogen-bond acceptors (Lipinski definition) is 3. The SMILES string of the molecule is Cc1cnc(Cl)c(NS(=O)(=O)c2cccc(Br)c2)c1. The van der Waals surface area contributed by atoms with Crippen molar-refractivity contribution in [1.82, 2.24) is 4.98 Å². The van der Waals surface area contributed by atoms with Gasteiger partial charge in [0.1, 0.15) is 0 Å². The molecule has 0 aliphatic carbocycles. The van der Waals surface area contributed by atoms with Crippen molar-refractivity contribution in [3.63, 3.8) is 0 Å². The van der Waals surface area contributed by atoms with Gasteiger partial charge in [-0.1, -0.05) is 33.6 Å². The van der Waals surface area contributed by atoms with Gasteiger partial charge in [0.05, 0.1) is 10.6 Å². The summed E-state index contributed by atoms with van der Waals surface area (Å²) in [6, 6.07) is 8.05. The lowest BCUT2D eigenvalue weighted by molar-refractivity contribution is 0.601. The summed E-state index contributed by atoms with van der Waals surface area (Å²) >= 11 is 9.11. The predicted molar refractivity (Wildman–Crippen MR) is 78.9 cm³/mol. The Morgan fingerprint density at radius 1 is 1.32 bits per heavy atom. The molecule has 0 atom stereocenters. The molecule has 1 aromatic heterocycles. The normalized spacial score (nSPS) is 11.3.